The van der Waals surface area contributed by atoms with Gasteiger partial charge < -0.3 is 10.1 Å². The molecule has 128 valence electrons. The highest BCUT2D eigenvalue weighted by atomic mass is 16.5. The Labute approximate surface area is 145 Å². The van der Waals surface area contributed by atoms with Crippen LogP contribution in [0.25, 0.3) is 5.65 Å². The highest BCUT2D eigenvalue weighted by Gasteiger charge is 2.16. The van der Waals surface area contributed by atoms with Gasteiger partial charge in [0.2, 0.25) is 0 Å². The first-order chi connectivity index (χ1) is 12.1. The van der Waals surface area contributed by atoms with Gasteiger partial charge in [-0.1, -0.05) is 13.0 Å². The number of carbonyl (C=O) groups excluding carboxylic acids is 2. The molecule has 0 fully saturated rings. The zero-order chi connectivity index (χ0) is 17.8. The van der Waals surface area contributed by atoms with Gasteiger partial charge in [0.05, 0.1) is 17.9 Å². The predicted octanol–water partition coefficient (Wildman–Crippen LogP) is 3.46. The van der Waals surface area contributed by atoms with Crippen molar-refractivity contribution in [3.8, 4) is 0 Å². The number of hydrogen-bond donors (Lipinski definition) is 1. The van der Waals surface area contributed by atoms with E-state index in [0.29, 0.717) is 29.2 Å². The molecule has 0 saturated heterocycles. The summed E-state index contributed by atoms with van der Waals surface area (Å²) in [6, 6.07) is 12.2. The standard InChI is InChI=1S/C19H19N3O3/c1-3-12-25-19(24)14-7-9-15(10-8-14)21-18(23)17-13(2)20-16-6-4-5-11-22(16)17/h4-11H,3,12H2,1-2H3,(H,21,23). The number of nitrogens with one attached hydrogen (secondary N) is 1. The molecule has 3 rings (SSSR count). The molecule has 0 aliphatic rings. The summed E-state index contributed by atoms with van der Waals surface area (Å²) in [5, 5.41) is 2.83. The Kier molecular flexibility index (Phi) is 4.79. The number of nitrogens with zero attached hydrogens (tertiary/aromatic N) is 2. The molecule has 6 heteroatoms. The van der Waals surface area contributed by atoms with Crippen molar-refractivity contribution in [3.05, 3.63) is 65.6 Å². The molecule has 0 saturated carbocycles. The smallest absolute Gasteiger partial charge is 0.338 e. The molecular weight excluding hydrogens is 318 g/mol. The number of imidazole rings is 1. The molecule has 1 amide bonds. The van der Waals surface area contributed by atoms with Crippen molar-refractivity contribution in [1.29, 1.82) is 0 Å². The van der Waals surface area contributed by atoms with Crippen LogP contribution in [0.5, 0.6) is 0 Å². The maximum atomic E-state index is 12.6. The summed E-state index contributed by atoms with van der Waals surface area (Å²) in [6.07, 6.45) is 2.58. The molecule has 1 aromatic carbocycles. The Hall–Kier alpha value is -3.15. The summed E-state index contributed by atoms with van der Waals surface area (Å²) in [6.45, 7) is 4.13. The van der Waals surface area contributed by atoms with Gasteiger partial charge in [0, 0.05) is 11.9 Å². The van der Waals surface area contributed by atoms with E-state index in [1.54, 1.807) is 41.8 Å². The SMILES string of the molecule is CCCOC(=O)c1ccc(NC(=O)c2c(C)nc3ccccn23)cc1. The number of anilines is 1. The minimum atomic E-state index is -0.364. The zero-order valence-corrected chi connectivity index (χ0v) is 14.2. The molecule has 2 heterocycles. The average molecular weight is 337 g/mol. The molecule has 1 N–H and O–H groups in total. The Morgan fingerprint density at radius 1 is 1.16 bits per heavy atom. The zero-order valence-electron chi connectivity index (χ0n) is 14.2. The van der Waals surface area contributed by atoms with Gasteiger partial charge in [0.25, 0.3) is 5.91 Å². The van der Waals surface area contributed by atoms with Crippen LogP contribution in [-0.4, -0.2) is 27.9 Å². The Morgan fingerprint density at radius 3 is 2.64 bits per heavy atom. The lowest BCUT2D eigenvalue weighted by Gasteiger charge is -2.07. The van der Waals surface area contributed by atoms with Gasteiger partial charge in [-0.2, -0.15) is 0 Å². The lowest BCUT2D eigenvalue weighted by molar-refractivity contribution is 0.0505. The van der Waals surface area contributed by atoms with Crippen LogP contribution >= 0.6 is 0 Å². The number of fused-ring (bicyclic) bond motifs is 1. The molecule has 25 heavy (non-hydrogen) atoms. The molecule has 0 aliphatic carbocycles. The number of benzene rings is 1. The number of aromatic nitrogens is 2. The molecule has 6 nitrogen and oxygen atoms in total. The first-order valence-corrected chi connectivity index (χ1v) is 8.12. The van der Waals surface area contributed by atoms with Gasteiger partial charge in [0.1, 0.15) is 11.3 Å². The third-order valence-electron chi connectivity index (χ3n) is 3.74. The van der Waals surface area contributed by atoms with E-state index in [2.05, 4.69) is 10.3 Å². The summed E-state index contributed by atoms with van der Waals surface area (Å²) >= 11 is 0. The number of hydrogen-bond acceptors (Lipinski definition) is 4. The van der Waals surface area contributed by atoms with E-state index in [-0.39, 0.29) is 11.9 Å². The second-order valence-electron chi connectivity index (χ2n) is 5.64. The highest BCUT2D eigenvalue weighted by molar-refractivity contribution is 6.04. The van der Waals surface area contributed by atoms with Gasteiger partial charge in [-0.3, -0.25) is 9.20 Å². The molecule has 0 radical (unpaired) electrons. The maximum Gasteiger partial charge on any atom is 0.338 e. The number of rotatable bonds is 5. The second kappa shape index (κ2) is 7.17. The van der Waals surface area contributed by atoms with Crippen molar-refractivity contribution in [2.75, 3.05) is 11.9 Å². The number of esters is 1. The van der Waals surface area contributed by atoms with E-state index in [4.69, 9.17) is 4.74 Å². The van der Waals surface area contributed by atoms with Crippen molar-refractivity contribution in [2.45, 2.75) is 20.3 Å². The fourth-order valence-electron chi connectivity index (χ4n) is 2.55. The topological polar surface area (TPSA) is 72.7 Å². The number of amides is 1. The first kappa shape index (κ1) is 16.7. The van der Waals surface area contributed by atoms with Crippen molar-refractivity contribution in [2.24, 2.45) is 0 Å². The van der Waals surface area contributed by atoms with Gasteiger partial charge in [0.15, 0.2) is 0 Å². The van der Waals surface area contributed by atoms with Crippen LogP contribution in [0.4, 0.5) is 5.69 Å². The largest absolute Gasteiger partial charge is 0.462 e. The normalized spacial score (nSPS) is 10.6. The Balaban J connectivity index is 1.76. The molecule has 0 atom stereocenters. The quantitative estimate of drug-likeness (QED) is 0.724. The Bertz CT molecular complexity index is 913. The number of aryl methyl sites for hydroxylation is 1. The van der Waals surface area contributed by atoms with Crippen LogP contribution in [-0.2, 0) is 4.74 Å². The number of pyridine rings is 1. The summed E-state index contributed by atoms with van der Waals surface area (Å²) in [4.78, 5) is 28.8. The predicted molar refractivity (Wildman–Crippen MR) is 94.9 cm³/mol. The van der Waals surface area contributed by atoms with Gasteiger partial charge in [-0.25, -0.2) is 9.78 Å². The fourth-order valence-corrected chi connectivity index (χ4v) is 2.55. The van der Waals surface area contributed by atoms with E-state index in [0.717, 1.165) is 12.1 Å². The van der Waals surface area contributed by atoms with Crippen LogP contribution < -0.4 is 5.32 Å². The number of ether oxygens (including phenoxy) is 1. The van der Waals surface area contributed by atoms with Crippen LogP contribution in [0.1, 0.15) is 39.9 Å². The van der Waals surface area contributed by atoms with E-state index in [1.807, 2.05) is 25.1 Å². The van der Waals surface area contributed by atoms with E-state index in [1.165, 1.54) is 0 Å². The molecule has 2 aromatic heterocycles. The maximum absolute atomic E-state index is 12.6. The van der Waals surface area contributed by atoms with Crippen molar-refractivity contribution >= 4 is 23.2 Å². The Morgan fingerprint density at radius 2 is 1.92 bits per heavy atom. The summed E-state index contributed by atoms with van der Waals surface area (Å²) in [5.41, 5.74) is 2.92. The van der Waals surface area contributed by atoms with E-state index in [9.17, 15) is 9.59 Å². The van der Waals surface area contributed by atoms with Crippen LogP contribution in [0, 0.1) is 6.92 Å². The first-order valence-electron chi connectivity index (χ1n) is 8.12. The van der Waals surface area contributed by atoms with Gasteiger partial charge in [-0.05, 0) is 49.7 Å². The van der Waals surface area contributed by atoms with Crippen molar-refractivity contribution < 1.29 is 14.3 Å². The summed E-state index contributed by atoms with van der Waals surface area (Å²) < 4.78 is 6.83. The van der Waals surface area contributed by atoms with Crippen molar-refractivity contribution in [1.82, 2.24) is 9.38 Å². The summed E-state index contributed by atoms with van der Waals surface area (Å²) in [7, 11) is 0. The molecular formula is C19H19N3O3. The molecule has 3 aromatic rings. The number of carbonyl (C=O) groups is 2. The average Bonchev–Trinajstić information content (AvgIpc) is 2.96. The molecule has 0 bridgehead atoms. The third-order valence-corrected chi connectivity index (χ3v) is 3.74. The van der Waals surface area contributed by atoms with Crippen LogP contribution in [0.3, 0.4) is 0 Å². The summed E-state index contributed by atoms with van der Waals surface area (Å²) in [5.74, 6) is -0.616. The van der Waals surface area contributed by atoms with Crippen molar-refractivity contribution in [3.63, 3.8) is 0 Å². The lowest BCUT2D eigenvalue weighted by Crippen LogP contribution is -2.15. The van der Waals surface area contributed by atoms with E-state index >= 15 is 0 Å². The minimum Gasteiger partial charge on any atom is -0.462 e. The van der Waals surface area contributed by atoms with Gasteiger partial charge >= 0.3 is 5.97 Å². The minimum absolute atomic E-state index is 0.252. The van der Waals surface area contributed by atoms with Crippen LogP contribution in [0.2, 0.25) is 0 Å². The van der Waals surface area contributed by atoms with Crippen LogP contribution in [0.15, 0.2) is 48.7 Å². The van der Waals surface area contributed by atoms with E-state index < -0.39 is 0 Å². The third kappa shape index (κ3) is 3.52. The van der Waals surface area contributed by atoms with Gasteiger partial charge in [-0.15, -0.1) is 0 Å². The monoisotopic (exact) mass is 337 g/mol. The molecule has 0 spiro atoms. The highest BCUT2D eigenvalue weighted by Crippen LogP contribution is 2.16. The molecule has 0 unspecified atom stereocenters. The molecule has 0 aliphatic heterocycles. The fraction of sp³-hybridized carbons (Fsp3) is 0.211. The second-order valence-corrected chi connectivity index (χ2v) is 5.64. The lowest BCUT2D eigenvalue weighted by atomic mass is 10.2.